The van der Waals surface area contributed by atoms with E-state index in [1.807, 2.05) is 18.2 Å². The molecule has 0 amide bonds. The first-order valence-corrected chi connectivity index (χ1v) is 5.13. The van der Waals surface area contributed by atoms with Crippen LogP contribution in [0.1, 0.15) is 15.9 Å². The van der Waals surface area contributed by atoms with Gasteiger partial charge in [-0.3, -0.25) is 4.79 Å². The van der Waals surface area contributed by atoms with Crippen LogP contribution in [0.25, 0.3) is 0 Å². The zero-order chi connectivity index (χ0) is 12.7. The third kappa shape index (κ3) is 3.99. The molecule has 0 radical (unpaired) electrons. The van der Waals surface area contributed by atoms with Crippen LogP contribution in [0.15, 0.2) is 48.5 Å². The van der Waals surface area contributed by atoms with Crippen molar-refractivity contribution < 1.29 is 15.0 Å². The molecule has 2 aromatic carbocycles. The van der Waals surface area contributed by atoms with Crippen molar-refractivity contribution in [2.45, 2.75) is 6.92 Å². The van der Waals surface area contributed by atoms with Gasteiger partial charge in [-0.2, -0.15) is 0 Å². The number of phenols is 2. The Balaban J connectivity index is 0.000000171. The van der Waals surface area contributed by atoms with Crippen LogP contribution < -0.4 is 0 Å². The molecule has 2 N–H and O–H groups in total. The number of rotatable bonds is 1. The summed E-state index contributed by atoms with van der Waals surface area (Å²) in [5.74, 6) is 0.269. The summed E-state index contributed by atoms with van der Waals surface area (Å²) >= 11 is 0. The van der Waals surface area contributed by atoms with Crippen molar-refractivity contribution in [2.24, 2.45) is 0 Å². The maximum atomic E-state index is 10.0. The van der Waals surface area contributed by atoms with E-state index in [9.17, 15) is 4.79 Å². The van der Waals surface area contributed by atoms with Gasteiger partial charge in [-0.05, 0) is 19.1 Å². The molecule has 0 heterocycles. The lowest BCUT2D eigenvalue weighted by Gasteiger charge is -1.98. The Hall–Kier alpha value is -2.29. The normalized spacial score (nSPS) is 9.00. The average molecular weight is 230 g/mol. The first-order valence-electron chi connectivity index (χ1n) is 5.13. The maximum absolute atomic E-state index is 10.0. The molecule has 0 aliphatic carbocycles. The van der Waals surface area contributed by atoms with Gasteiger partial charge in [-0.25, -0.2) is 0 Å². The second-order valence-electron chi connectivity index (χ2n) is 3.45. The van der Waals surface area contributed by atoms with E-state index in [1.54, 1.807) is 25.1 Å². The van der Waals surface area contributed by atoms with E-state index in [4.69, 9.17) is 10.2 Å². The van der Waals surface area contributed by atoms with Crippen LogP contribution in [0.4, 0.5) is 0 Å². The fraction of sp³-hybridized carbons (Fsp3) is 0.0714. The van der Waals surface area contributed by atoms with E-state index < -0.39 is 0 Å². The fourth-order valence-electron chi connectivity index (χ4n) is 1.14. The summed E-state index contributed by atoms with van der Waals surface area (Å²) in [6.07, 6.45) is 0.833. The van der Waals surface area contributed by atoms with Crippen LogP contribution in [0, 0.1) is 6.92 Å². The summed E-state index contributed by atoms with van der Waals surface area (Å²) in [7, 11) is 0. The molecule has 0 unspecified atom stereocenters. The molecule has 0 saturated heterocycles. The van der Waals surface area contributed by atoms with Gasteiger partial charge in [0.25, 0.3) is 0 Å². The highest BCUT2D eigenvalue weighted by Gasteiger charge is 1.97. The molecule has 0 aliphatic rings. The van der Waals surface area contributed by atoms with E-state index in [1.165, 1.54) is 12.1 Å². The monoisotopic (exact) mass is 230 g/mol. The standard InChI is InChI=1S/C7H8O2.C7H6O/c1-5-6(8)3-2-4-7(5)9;8-6-7-4-2-1-3-5-7/h2-4,8-9H,1H3;1-6H. The molecular formula is C14H14O3. The van der Waals surface area contributed by atoms with E-state index in [0.29, 0.717) is 5.56 Å². The van der Waals surface area contributed by atoms with Crippen LogP contribution in [0.2, 0.25) is 0 Å². The number of aldehydes is 1. The number of carbonyl (C=O) groups excluding carboxylic acids is 1. The van der Waals surface area contributed by atoms with Crippen LogP contribution >= 0.6 is 0 Å². The van der Waals surface area contributed by atoms with Crippen LogP contribution in [-0.4, -0.2) is 16.5 Å². The molecule has 0 aliphatic heterocycles. The topological polar surface area (TPSA) is 57.5 Å². The summed E-state index contributed by atoms with van der Waals surface area (Å²) < 4.78 is 0. The molecule has 0 fully saturated rings. The first kappa shape index (κ1) is 12.8. The Bertz CT molecular complexity index is 458. The Morgan fingerprint density at radius 2 is 1.41 bits per heavy atom. The Kier molecular flexibility index (Phi) is 4.76. The maximum Gasteiger partial charge on any atom is 0.150 e. The SMILES string of the molecule is Cc1c(O)cccc1O.O=Cc1ccccc1. The van der Waals surface area contributed by atoms with Gasteiger partial charge in [-0.15, -0.1) is 0 Å². The number of aromatic hydroxyl groups is 2. The summed E-state index contributed by atoms with van der Waals surface area (Å²) in [6.45, 7) is 1.66. The third-order valence-electron chi connectivity index (χ3n) is 2.21. The number of benzene rings is 2. The molecule has 0 bridgehead atoms. The van der Waals surface area contributed by atoms with E-state index in [0.717, 1.165) is 11.8 Å². The lowest BCUT2D eigenvalue weighted by atomic mass is 10.2. The van der Waals surface area contributed by atoms with Gasteiger partial charge in [0, 0.05) is 11.1 Å². The van der Waals surface area contributed by atoms with Crippen LogP contribution in [0.5, 0.6) is 11.5 Å². The quantitative estimate of drug-likeness (QED) is 0.740. The molecule has 17 heavy (non-hydrogen) atoms. The predicted octanol–water partition coefficient (Wildman–Crippen LogP) is 2.91. The number of carbonyl (C=O) groups is 1. The van der Waals surface area contributed by atoms with E-state index in [2.05, 4.69) is 0 Å². The molecule has 3 heteroatoms. The van der Waals surface area contributed by atoms with E-state index in [-0.39, 0.29) is 11.5 Å². The minimum Gasteiger partial charge on any atom is -0.508 e. The fourth-order valence-corrected chi connectivity index (χ4v) is 1.14. The Morgan fingerprint density at radius 3 is 1.76 bits per heavy atom. The van der Waals surface area contributed by atoms with Crippen molar-refractivity contribution in [1.29, 1.82) is 0 Å². The van der Waals surface area contributed by atoms with Crippen molar-refractivity contribution in [3.8, 4) is 11.5 Å². The Morgan fingerprint density at radius 1 is 0.882 bits per heavy atom. The molecule has 2 aromatic rings. The van der Waals surface area contributed by atoms with Gasteiger partial charge in [0.1, 0.15) is 17.8 Å². The van der Waals surface area contributed by atoms with Gasteiger partial charge >= 0.3 is 0 Å². The molecular weight excluding hydrogens is 216 g/mol. The van der Waals surface area contributed by atoms with Crippen LogP contribution in [-0.2, 0) is 0 Å². The van der Waals surface area contributed by atoms with Crippen molar-refractivity contribution in [1.82, 2.24) is 0 Å². The number of hydrogen-bond donors (Lipinski definition) is 2. The second kappa shape index (κ2) is 6.33. The van der Waals surface area contributed by atoms with Gasteiger partial charge in [0.05, 0.1) is 0 Å². The van der Waals surface area contributed by atoms with Gasteiger partial charge in [0.15, 0.2) is 0 Å². The highest BCUT2D eigenvalue weighted by atomic mass is 16.3. The molecule has 2 rings (SSSR count). The van der Waals surface area contributed by atoms with Crippen molar-refractivity contribution in [3.05, 3.63) is 59.7 Å². The molecule has 3 nitrogen and oxygen atoms in total. The van der Waals surface area contributed by atoms with Crippen molar-refractivity contribution >= 4 is 6.29 Å². The highest BCUT2D eigenvalue weighted by molar-refractivity contribution is 5.74. The lowest BCUT2D eigenvalue weighted by molar-refractivity contribution is 0.112. The number of phenolic OH excluding ortho intramolecular Hbond substituents is 2. The zero-order valence-corrected chi connectivity index (χ0v) is 9.50. The van der Waals surface area contributed by atoms with Crippen molar-refractivity contribution in [2.75, 3.05) is 0 Å². The van der Waals surface area contributed by atoms with E-state index >= 15 is 0 Å². The molecule has 0 aromatic heterocycles. The molecule has 88 valence electrons. The highest BCUT2D eigenvalue weighted by Crippen LogP contribution is 2.23. The minimum atomic E-state index is 0.134. The summed E-state index contributed by atoms with van der Waals surface area (Å²) in [5.41, 5.74) is 1.25. The summed E-state index contributed by atoms with van der Waals surface area (Å²) in [4.78, 5) is 10.0. The van der Waals surface area contributed by atoms with Crippen LogP contribution in [0.3, 0.4) is 0 Å². The van der Waals surface area contributed by atoms with Gasteiger partial charge in [-0.1, -0.05) is 36.4 Å². The Labute approximate surface area is 100.0 Å². The average Bonchev–Trinajstić information content (AvgIpc) is 2.37. The molecule has 0 spiro atoms. The predicted molar refractivity (Wildman–Crippen MR) is 66.3 cm³/mol. The summed E-state index contributed by atoms with van der Waals surface area (Å²) in [6, 6.07) is 13.8. The first-order chi connectivity index (χ1) is 8.15. The largest absolute Gasteiger partial charge is 0.508 e. The lowest BCUT2D eigenvalue weighted by Crippen LogP contribution is -1.73. The zero-order valence-electron chi connectivity index (χ0n) is 9.50. The third-order valence-corrected chi connectivity index (χ3v) is 2.21. The minimum absolute atomic E-state index is 0.134. The molecule has 0 atom stereocenters. The number of hydrogen-bond acceptors (Lipinski definition) is 3. The van der Waals surface area contributed by atoms with Gasteiger partial charge < -0.3 is 10.2 Å². The smallest absolute Gasteiger partial charge is 0.150 e. The summed E-state index contributed by atoms with van der Waals surface area (Å²) in [5, 5.41) is 17.9. The van der Waals surface area contributed by atoms with Gasteiger partial charge in [0.2, 0.25) is 0 Å². The van der Waals surface area contributed by atoms with Crippen molar-refractivity contribution in [3.63, 3.8) is 0 Å². The second-order valence-corrected chi connectivity index (χ2v) is 3.45. The molecule has 0 saturated carbocycles.